The number of benzene rings is 1. The van der Waals surface area contributed by atoms with Crippen LogP contribution in [-0.4, -0.2) is 17.8 Å². The van der Waals surface area contributed by atoms with Crippen molar-refractivity contribution in [2.45, 2.75) is 20.8 Å². The van der Waals surface area contributed by atoms with Crippen molar-refractivity contribution in [3.63, 3.8) is 0 Å². The molecule has 2 nitrogen and oxygen atoms in total. The van der Waals surface area contributed by atoms with Gasteiger partial charge in [-0.05, 0) is 36.1 Å². The van der Waals surface area contributed by atoms with Gasteiger partial charge in [0.25, 0.3) is 5.91 Å². The maximum atomic E-state index is 11.9. The number of amides is 1. The monoisotopic (exact) mass is 361 g/mol. The molecule has 0 fully saturated rings. The summed E-state index contributed by atoms with van der Waals surface area (Å²) < 4.78 is 1.02. The third-order valence-electron chi connectivity index (χ3n) is 2.51. The standard InChI is InChI=1S/C13H17Br2NO/c1-9-6-10(4-5-11(9)15)12(17)16-8-13(2,3)7-14/h4-6H,7-8H2,1-3H3,(H,16,17). The van der Waals surface area contributed by atoms with Crippen LogP contribution in [0.5, 0.6) is 0 Å². The first-order chi connectivity index (χ1) is 7.85. The van der Waals surface area contributed by atoms with Crippen molar-refractivity contribution in [1.82, 2.24) is 5.32 Å². The summed E-state index contributed by atoms with van der Waals surface area (Å²) >= 11 is 6.86. The van der Waals surface area contributed by atoms with Gasteiger partial charge in [-0.15, -0.1) is 0 Å². The van der Waals surface area contributed by atoms with Gasteiger partial charge >= 0.3 is 0 Å². The van der Waals surface area contributed by atoms with Gasteiger partial charge in [-0.3, -0.25) is 4.79 Å². The maximum absolute atomic E-state index is 11.9. The molecule has 1 amide bonds. The van der Waals surface area contributed by atoms with Crippen LogP contribution in [0.3, 0.4) is 0 Å². The Bertz CT molecular complexity index is 416. The molecule has 0 aromatic heterocycles. The van der Waals surface area contributed by atoms with Crippen molar-refractivity contribution in [2.24, 2.45) is 5.41 Å². The normalized spacial score (nSPS) is 11.4. The number of aryl methyl sites for hydroxylation is 1. The summed E-state index contributed by atoms with van der Waals surface area (Å²) in [7, 11) is 0. The molecule has 0 aliphatic rings. The van der Waals surface area contributed by atoms with Crippen molar-refractivity contribution >= 4 is 37.8 Å². The van der Waals surface area contributed by atoms with Gasteiger partial charge in [-0.25, -0.2) is 0 Å². The Labute approximate surface area is 119 Å². The highest BCUT2D eigenvalue weighted by Gasteiger charge is 2.17. The second-order valence-corrected chi connectivity index (χ2v) is 6.36. The fourth-order valence-electron chi connectivity index (χ4n) is 1.25. The molecular formula is C13H17Br2NO. The number of carbonyl (C=O) groups excluding carboxylic acids is 1. The number of carbonyl (C=O) groups is 1. The molecule has 0 saturated heterocycles. The summed E-state index contributed by atoms with van der Waals surface area (Å²) in [5.41, 5.74) is 1.84. The van der Waals surface area contributed by atoms with Gasteiger partial charge in [0.15, 0.2) is 0 Å². The number of alkyl halides is 1. The zero-order valence-corrected chi connectivity index (χ0v) is 13.5. The van der Waals surface area contributed by atoms with Crippen LogP contribution >= 0.6 is 31.9 Å². The van der Waals surface area contributed by atoms with Crippen molar-refractivity contribution in [3.8, 4) is 0 Å². The highest BCUT2D eigenvalue weighted by molar-refractivity contribution is 9.10. The zero-order valence-electron chi connectivity index (χ0n) is 10.3. The van der Waals surface area contributed by atoms with Gasteiger partial charge in [-0.1, -0.05) is 45.7 Å². The van der Waals surface area contributed by atoms with Crippen molar-refractivity contribution in [3.05, 3.63) is 33.8 Å². The predicted octanol–water partition coefficient (Wildman–Crippen LogP) is 3.91. The van der Waals surface area contributed by atoms with E-state index in [4.69, 9.17) is 0 Å². The maximum Gasteiger partial charge on any atom is 0.251 e. The lowest BCUT2D eigenvalue weighted by Crippen LogP contribution is -2.34. The number of hydrogen-bond acceptors (Lipinski definition) is 1. The van der Waals surface area contributed by atoms with E-state index in [0.29, 0.717) is 12.1 Å². The fourth-order valence-corrected chi connectivity index (χ4v) is 1.70. The molecular weight excluding hydrogens is 346 g/mol. The number of rotatable bonds is 4. The Kier molecular flexibility index (Phi) is 5.20. The van der Waals surface area contributed by atoms with E-state index >= 15 is 0 Å². The second-order valence-electron chi connectivity index (χ2n) is 4.94. The molecule has 0 bridgehead atoms. The number of nitrogens with one attached hydrogen (secondary N) is 1. The minimum Gasteiger partial charge on any atom is -0.351 e. The van der Waals surface area contributed by atoms with E-state index in [9.17, 15) is 4.79 Å². The molecule has 0 atom stereocenters. The number of halogens is 2. The first kappa shape index (κ1) is 14.7. The highest BCUT2D eigenvalue weighted by Crippen LogP contribution is 2.18. The quantitative estimate of drug-likeness (QED) is 0.808. The molecule has 1 N–H and O–H groups in total. The van der Waals surface area contributed by atoms with Crippen LogP contribution in [0.1, 0.15) is 29.8 Å². The van der Waals surface area contributed by atoms with Gasteiger partial charge in [-0.2, -0.15) is 0 Å². The minimum absolute atomic E-state index is 0.0189. The Morgan fingerprint density at radius 1 is 1.41 bits per heavy atom. The molecule has 17 heavy (non-hydrogen) atoms. The van der Waals surface area contributed by atoms with E-state index in [1.54, 1.807) is 0 Å². The average molecular weight is 363 g/mol. The van der Waals surface area contributed by atoms with Crippen molar-refractivity contribution in [1.29, 1.82) is 0 Å². The zero-order chi connectivity index (χ0) is 13.1. The Morgan fingerprint density at radius 3 is 2.59 bits per heavy atom. The van der Waals surface area contributed by atoms with Crippen LogP contribution in [0, 0.1) is 12.3 Å². The third kappa shape index (κ3) is 4.43. The van der Waals surface area contributed by atoms with Crippen LogP contribution in [-0.2, 0) is 0 Å². The summed E-state index contributed by atoms with van der Waals surface area (Å²) in [6.45, 7) is 6.85. The van der Waals surface area contributed by atoms with Crippen molar-refractivity contribution in [2.75, 3.05) is 11.9 Å². The average Bonchev–Trinajstić information content (AvgIpc) is 2.30. The van der Waals surface area contributed by atoms with Crippen LogP contribution in [0.4, 0.5) is 0 Å². The lowest BCUT2D eigenvalue weighted by atomic mass is 9.96. The molecule has 0 heterocycles. The fraction of sp³-hybridized carbons (Fsp3) is 0.462. The van der Waals surface area contributed by atoms with E-state index in [2.05, 4.69) is 51.0 Å². The summed E-state index contributed by atoms with van der Waals surface area (Å²) in [6, 6.07) is 5.62. The van der Waals surface area contributed by atoms with E-state index in [1.807, 2.05) is 25.1 Å². The minimum atomic E-state index is -0.0189. The smallest absolute Gasteiger partial charge is 0.251 e. The molecule has 1 rings (SSSR count). The summed E-state index contributed by atoms with van der Waals surface area (Å²) in [5, 5.41) is 3.81. The van der Waals surface area contributed by atoms with Gasteiger partial charge < -0.3 is 5.32 Å². The molecule has 0 aliphatic heterocycles. The van der Waals surface area contributed by atoms with Gasteiger partial charge in [0, 0.05) is 21.9 Å². The molecule has 1 aromatic rings. The lowest BCUT2D eigenvalue weighted by Gasteiger charge is -2.21. The summed E-state index contributed by atoms with van der Waals surface area (Å²) in [6.07, 6.45) is 0. The predicted molar refractivity (Wildman–Crippen MR) is 78.8 cm³/mol. The van der Waals surface area contributed by atoms with Gasteiger partial charge in [0.1, 0.15) is 0 Å². The molecule has 1 aromatic carbocycles. The molecule has 0 spiro atoms. The van der Waals surface area contributed by atoms with Crippen molar-refractivity contribution < 1.29 is 4.79 Å². The first-order valence-corrected chi connectivity index (χ1v) is 7.37. The van der Waals surface area contributed by atoms with Crippen LogP contribution in [0.2, 0.25) is 0 Å². The first-order valence-electron chi connectivity index (χ1n) is 5.46. The lowest BCUT2D eigenvalue weighted by molar-refractivity contribution is 0.0940. The van der Waals surface area contributed by atoms with Crippen LogP contribution in [0.25, 0.3) is 0 Å². The SMILES string of the molecule is Cc1cc(C(=O)NCC(C)(C)CBr)ccc1Br. The van der Waals surface area contributed by atoms with E-state index < -0.39 is 0 Å². The highest BCUT2D eigenvalue weighted by atomic mass is 79.9. The molecule has 0 aliphatic carbocycles. The molecule has 0 saturated carbocycles. The van der Waals surface area contributed by atoms with Crippen LogP contribution in [0.15, 0.2) is 22.7 Å². The largest absolute Gasteiger partial charge is 0.351 e. The Hall–Kier alpha value is -0.350. The summed E-state index contributed by atoms with van der Waals surface area (Å²) in [4.78, 5) is 11.9. The Balaban J connectivity index is 2.68. The van der Waals surface area contributed by atoms with Gasteiger partial charge in [0.2, 0.25) is 0 Å². The molecule has 94 valence electrons. The van der Waals surface area contributed by atoms with E-state index in [1.165, 1.54) is 0 Å². The van der Waals surface area contributed by atoms with Crippen LogP contribution < -0.4 is 5.32 Å². The van der Waals surface area contributed by atoms with Gasteiger partial charge in [0.05, 0.1) is 0 Å². The topological polar surface area (TPSA) is 29.1 Å². The molecule has 0 radical (unpaired) electrons. The summed E-state index contributed by atoms with van der Waals surface area (Å²) in [5.74, 6) is -0.0189. The Morgan fingerprint density at radius 2 is 2.06 bits per heavy atom. The van der Waals surface area contributed by atoms with E-state index in [0.717, 1.165) is 15.4 Å². The molecule has 4 heteroatoms. The molecule has 0 unspecified atom stereocenters. The number of hydrogen-bond donors (Lipinski definition) is 1. The second kappa shape index (κ2) is 6.01. The third-order valence-corrected chi connectivity index (χ3v) is 4.92. The van der Waals surface area contributed by atoms with E-state index in [-0.39, 0.29) is 11.3 Å².